The molecule has 1 N–H and O–H groups in total. The summed E-state index contributed by atoms with van der Waals surface area (Å²) in [5, 5.41) is 3.33. The number of anilines is 1. The number of hydrogen-bond acceptors (Lipinski definition) is 5. The molecule has 6 nitrogen and oxygen atoms in total. The first kappa shape index (κ1) is 21.9. The van der Waals surface area contributed by atoms with E-state index in [0.29, 0.717) is 34.7 Å². The number of ether oxygens (including phenoxy) is 1. The fourth-order valence-corrected chi connectivity index (χ4v) is 4.03. The van der Waals surface area contributed by atoms with Gasteiger partial charge in [0.15, 0.2) is 5.17 Å². The van der Waals surface area contributed by atoms with Crippen LogP contribution < -0.4 is 10.1 Å². The molecule has 1 atom stereocenters. The van der Waals surface area contributed by atoms with Gasteiger partial charge >= 0.3 is 0 Å². The highest BCUT2D eigenvalue weighted by Crippen LogP contribution is 2.30. The molecule has 0 bridgehead atoms. The lowest BCUT2D eigenvalue weighted by molar-refractivity contribution is -0.129. The Morgan fingerprint density at radius 2 is 2.00 bits per heavy atom. The molecule has 0 radical (unpaired) electrons. The summed E-state index contributed by atoms with van der Waals surface area (Å²) in [6.45, 7) is 6.51. The van der Waals surface area contributed by atoms with Gasteiger partial charge in [0.25, 0.3) is 0 Å². The van der Waals surface area contributed by atoms with Crippen LogP contribution in [0.15, 0.2) is 66.2 Å². The molecule has 1 unspecified atom stereocenters. The molecule has 30 heavy (non-hydrogen) atoms. The highest BCUT2D eigenvalue weighted by atomic mass is 35.5. The summed E-state index contributed by atoms with van der Waals surface area (Å²) in [6.07, 6.45) is 1.72. The van der Waals surface area contributed by atoms with Crippen LogP contribution in [0, 0.1) is 0 Å². The average Bonchev–Trinajstić information content (AvgIpc) is 2.73. The Hall–Kier alpha value is -2.77. The van der Waals surface area contributed by atoms with Crippen molar-refractivity contribution in [3.63, 3.8) is 0 Å². The highest BCUT2D eigenvalue weighted by molar-refractivity contribution is 8.15. The Labute approximate surface area is 185 Å². The third kappa shape index (κ3) is 5.64. The Bertz CT molecular complexity index is 945. The SMILES string of the molecule is C=CCN1C(=O)CC(C(=O)Nc2ccc(OCC)cc2)SC1=Nc1ccc(Cl)cc1. The van der Waals surface area contributed by atoms with Gasteiger partial charge in [0.2, 0.25) is 11.8 Å². The van der Waals surface area contributed by atoms with Crippen molar-refractivity contribution in [1.29, 1.82) is 0 Å². The monoisotopic (exact) mass is 443 g/mol. The standard InChI is InChI=1S/C22H22ClN3O3S/c1-3-13-26-20(27)14-19(30-22(26)25-17-7-5-15(23)6-8-17)21(28)24-16-9-11-18(12-10-16)29-4-2/h3,5-12,19H,1,4,13-14H2,2H3,(H,24,28). The van der Waals surface area contributed by atoms with E-state index in [2.05, 4.69) is 16.9 Å². The molecule has 156 valence electrons. The van der Waals surface area contributed by atoms with Gasteiger partial charge in [0.05, 0.1) is 12.3 Å². The molecular formula is C22H22ClN3O3S. The smallest absolute Gasteiger partial charge is 0.238 e. The van der Waals surface area contributed by atoms with Crippen molar-refractivity contribution in [2.45, 2.75) is 18.6 Å². The summed E-state index contributed by atoms with van der Waals surface area (Å²) in [5.41, 5.74) is 1.29. The number of benzene rings is 2. The number of amidine groups is 1. The van der Waals surface area contributed by atoms with Crippen molar-refractivity contribution in [2.75, 3.05) is 18.5 Å². The maximum atomic E-state index is 12.8. The molecule has 1 saturated heterocycles. The Balaban J connectivity index is 1.76. The molecule has 0 aliphatic carbocycles. The number of nitrogens with one attached hydrogen (secondary N) is 1. The molecule has 1 fully saturated rings. The number of aliphatic imine (C=N–C) groups is 1. The van der Waals surface area contributed by atoms with E-state index in [1.54, 1.807) is 54.6 Å². The first-order valence-corrected chi connectivity index (χ1v) is 10.7. The van der Waals surface area contributed by atoms with Crippen LogP contribution in [0.5, 0.6) is 5.75 Å². The minimum Gasteiger partial charge on any atom is -0.494 e. The van der Waals surface area contributed by atoms with Crippen molar-refractivity contribution in [3.05, 3.63) is 66.2 Å². The minimum atomic E-state index is -0.587. The van der Waals surface area contributed by atoms with Crippen molar-refractivity contribution < 1.29 is 14.3 Å². The minimum absolute atomic E-state index is 0.0843. The van der Waals surface area contributed by atoms with Crippen LogP contribution >= 0.6 is 23.4 Å². The molecule has 2 aromatic rings. The van der Waals surface area contributed by atoms with Crippen molar-refractivity contribution in [1.82, 2.24) is 4.90 Å². The predicted molar refractivity (Wildman–Crippen MR) is 123 cm³/mol. The molecule has 1 aliphatic rings. The zero-order valence-corrected chi connectivity index (χ0v) is 18.1. The summed E-state index contributed by atoms with van der Waals surface area (Å²) >= 11 is 7.19. The van der Waals surface area contributed by atoms with Gasteiger partial charge in [-0.3, -0.25) is 14.5 Å². The number of hydrogen-bond donors (Lipinski definition) is 1. The maximum Gasteiger partial charge on any atom is 0.238 e. The Morgan fingerprint density at radius 1 is 1.30 bits per heavy atom. The maximum absolute atomic E-state index is 12.8. The first-order chi connectivity index (χ1) is 14.5. The lowest BCUT2D eigenvalue weighted by atomic mass is 10.2. The number of amides is 2. The quantitative estimate of drug-likeness (QED) is 0.619. The van der Waals surface area contributed by atoms with E-state index in [9.17, 15) is 9.59 Å². The second kappa shape index (κ2) is 10.3. The fraction of sp³-hybridized carbons (Fsp3) is 0.227. The van der Waals surface area contributed by atoms with E-state index in [0.717, 1.165) is 5.75 Å². The summed E-state index contributed by atoms with van der Waals surface area (Å²) in [5.74, 6) is 0.308. The molecule has 2 aromatic carbocycles. The van der Waals surface area contributed by atoms with Gasteiger partial charge in [-0.1, -0.05) is 29.4 Å². The molecule has 0 spiro atoms. The van der Waals surface area contributed by atoms with Crippen LogP contribution in [-0.4, -0.2) is 40.3 Å². The molecule has 0 saturated carbocycles. The number of thioether (sulfide) groups is 1. The van der Waals surface area contributed by atoms with Gasteiger partial charge in [-0.15, -0.1) is 6.58 Å². The Kier molecular flexibility index (Phi) is 7.54. The second-order valence-corrected chi connectivity index (χ2v) is 8.03. The van der Waals surface area contributed by atoms with Crippen LogP contribution in [0.2, 0.25) is 5.02 Å². The van der Waals surface area contributed by atoms with Gasteiger partial charge in [-0.2, -0.15) is 0 Å². The van der Waals surface area contributed by atoms with Crippen LogP contribution in [0.25, 0.3) is 0 Å². The topological polar surface area (TPSA) is 71.0 Å². The second-order valence-electron chi connectivity index (χ2n) is 6.42. The molecule has 2 amide bonds. The van der Waals surface area contributed by atoms with Gasteiger partial charge in [0.1, 0.15) is 11.0 Å². The number of rotatable bonds is 7. The largest absolute Gasteiger partial charge is 0.494 e. The first-order valence-electron chi connectivity index (χ1n) is 9.46. The molecule has 3 rings (SSSR count). The summed E-state index contributed by atoms with van der Waals surface area (Å²) < 4.78 is 5.41. The summed E-state index contributed by atoms with van der Waals surface area (Å²) in [6, 6.07) is 14.1. The van der Waals surface area contributed by atoms with Gasteiger partial charge in [-0.25, -0.2) is 4.99 Å². The van der Waals surface area contributed by atoms with Crippen molar-refractivity contribution in [3.8, 4) is 5.75 Å². The summed E-state index contributed by atoms with van der Waals surface area (Å²) in [7, 11) is 0. The van der Waals surface area contributed by atoms with Crippen molar-refractivity contribution >= 4 is 51.7 Å². The molecular weight excluding hydrogens is 422 g/mol. The lowest BCUT2D eigenvalue weighted by Crippen LogP contribution is -2.45. The number of halogens is 1. The molecule has 1 aliphatic heterocycles. The number of nitrogens with zero attached hydrogens (tertiary/aromatic N) is 2. The number of carbonyl (C=O) groups excluding carboxylic acids is 2. The summed E-state index contributed by atoms with van der Waals surface area (Å²) in [4.78, 5) is 31.6. The van der Waals surface area contributed by atoms with Crippen LogP contribution in [0.4, 0.5) is 11.4 Å². The zero-order valence-electron chi connectivity index (χ0n) is 16.5. The van der Waals surface area contributed by atoms with Gasteiger partial charge < -0.3 is 10.1 Å². The van der Waals surface area contributed by atoms with Gasteiger partial charge in [-0.05, 0) is 55.5 Å². The van der Waals surface area contributed by atoms with E-state index < -0.39 is 5.25 Å². The third-order valence-electron chi connectivity index (χ3n) is 4.23. The van der Waals surface area contributed by atoms with Crippen LogP contribution in [-0.2, 0) is 9.59 Å². The average molecular weight is 444 g/mol. The normalized spacial score (nSPS) is 17.7. The van der Waals surface area contributed by atoms with E-state index in [1.165, 1.54) is 16.7 Å². The zero-order chi connectivity index (χ0) is 21.5. The molecule has 0 aromatic heterocycles. The van der Waals surface area contributed by atoms with E-state index >= 15 is 0 Å². The lowest BCUT2D eigenvalue weighted by Gasteiger charge is -2.31. The van der Waals surface area contributed by atoms with E-state index in [1.807, 2.05) is 6.92 Å². The highest BCUT2D eigenvalue weighted by Gasteiger charge is 2.35. The third-order valence-corrected chi connectivity index (χ3v) is 5.67. The van der Waals surface area contributed by atoms with Crippen LogP contribution in [0.3, 0.4) is 0 Å². The fourth-order valence-electron chi connectivity index (χ4n) is 2.80. The van der Waals surface area contributed by atoms with E-state index in [4.69, 9.17) is 16.3 Å². The Morgan fingerprint density at radius 3 is 2.63 bits per heavy atom. The van der Waals surface area contributed by atoms with Crippen LogP contribution in [0.1, 0.15) is 13.3 Å². The van der Waals surface area contributed by atoms with E-state index in [-0.39, 0.29) is 18.2 Å². The molecule has 8 heteroatoms. The van der Waals surface area contributed by atoms with Gasteiger partial charge in [0, 0.05) is 23.7 Å². The number of carbonyl (C=O) groups is 2. The predicted octanol–water partition coefficient (Wildman–Crippen LogP) is 4.89. The van der Waals surface area contributed by atoms with Crippen molar-refractivity contribution in [2.24, 2.45) is 4.99 Å². The molecule has 1 heterocycles.